The molecule has 1 unspecified atom stereocenters. The van der Waals surface area contributed by atoms with Crippen LogP contribution in [-0.2, 0) is 27.5 Å². The maximum Gasteiger partial charge on any atom is 0.416 e. The summed E-state index contributed by atoms with van der Waals surface area (Å²) in [5, 5.41) is 5.59. The molecule has 1 saturated heterocycles. The molecule has 2 fully saturated rings. The summed E-state index contributed by atoms with van der Waals surface area (Å²) in [6.07, 6.45) is -1.11. The molecule has 2 aromatic rings. The van der Waals surface area contributed by atoms with Gasteiger partial charge >= 0.3 is 6.18 Å². The van der Waals surface area contributed by atoms with Crippen LogP contribution in [0.15, 0.2) is 53.4 Å². The first kappa shape index (κ1) is 25.2. The van der Waals surface area contributed by atoms with E-state index in [1.807, 2.05) is 0 Å². The molecule has 7 nitrogen and oxygen atoms in total. The highest BCUT2D eigenvalue weighted by Crippen LogP contribution is 2.31. The first-order valence-electron chi connectivity index (χ1n) is 11.4. The van der Waals surface area contributed by atoms with Crippen LogP contribution in [0.1, 0.15) is 53.6 Å². The van der Waals surface area contributed by atoms with E-state index in [2.05, 4.69) is 10.6 Å². The molecule has 0 radical (unpaired) electrons. The monoisotopic (exact) mass is 509 g/mol. The number of rotatable bonds is 7. The summed E-state index contributed by atoms with van der Waals surface area (Å²) in [7, 11) is -4.32. The van der Waals surface area contributed by atoms with Crippen LogP contribution < -0.4 is 10.6 Å². The minimum Gasteiger partial charge on any atom is -0.355 e. The third-order valence-corrected chi connectivity index (χ3v) is 7.98. The topological polar surface area (TPSA) is 95.6 Å². The second kappa shape index (κ2) is 9.98. The van der Waals surface area contributed by atoms with Crippen LogP contribution >= 0.6 is 0 Å². The second-order valence-corrected chi connectivity index (χ2v) is 10.7. The van der Waals surface area contributed by atoms with Crippen LogP contribution in [0.5, 0.6) is 0 Å². The molecule has 2 aliphatic rings. The Balaban J connectivity index is 1.63. The van der Waals surface area contributed by atoms with E-state index in [4.69, 9.17) is 0 Å². The van der Waals surface area contributed by atoms with Gasteiger partial charge in [0, 0.05) is 24.7 Å². The Morgan fingerprint density at radius 1 is 1.00 bits per heavy atom. The summed E-state index contributed by atoms with van der Waals surface area (Å²) in [4.78, 5) is 24.7. The highest BCUT2D eigenvalue weighted by Gasteiger charge is 2.37. The van der Waals surface area contributed by atoms with Crippen molar-refractivity contribution in [1.82, 2.24) is 14.9 Å². The summed E-state index contributed by atoms with van der Waals surface area (Å²) in [6, 6.07) is 8.83. The van der Waals surface area contributed by atoms with E-state index < -0.39 is 33.7 Å². The standard InChI is InChI=1S/C24H26F3N3O4S/c25-24(26,27)18-8-12-20(13-9-18)35(33,34)30(21-3-1-2-14-28-23(21)32)15-16-4-6-17(7-5-16)22(31)29-19-10-11-19/h4-9,12-13,19,21H,1-3,10-11,14-15H2,(H,28,32)(H,29,31). The number of carbonyl (C=O) groups excluding carboxylic acids is 2. The third-order valence-electron chi connectivity index (χ3n) is 6.11. The Labute approximate surface area is 201 Å². The van der Waals surface area contributed by atoms with Crippen LogP contribution in [0.4, 0.5) is 13.2 Å². The molecule has 2 N–H and O–H groups in total. The molecular formula is C24H26F3N3O4S. The summed E-state index contributed by atoms with van der Waals surface area (Å²) in [5.74, 6) is -0.658. The Kier molecular flexibility index (Phi) is 7.18. The highest BCUT2D eigenvalue weighted by molar-refractivity contribution is 7.89. The fourth-order valence-electron chi connectivity index (χ4n) is 3.95. The number of amides is 2. The van der Waals surface area contributed by atoms with Crippen molar-refractivity contribution in [3.05, 3.63) is 65.2 Å². The quantitative estimate of drug-likeness (QED) is 0.598. The molecule has 0 aromatic heterocycles. The van der Waals surface area contributed by atoms with Crippen molar-refractivity contribution in [1.29, 1.82) is 0 Å². The Morgan fingerprint density at radius 2 is 1.66 bits per heavy atom. The van der Waals surface area contributed by atoms with Crippen molar-refractivity contribution in [3.63, 3.8) is 0 Å². The molecule has 1 aliphatic heterocycles. The van der Waals surface area contributed by atoms with Crippen LogP contribution in [0, 0.1) is 0 Å². The van der Waals surface area contributed by atoms with E-state index in [0.717, 1.165) is 29.3 Å². The number of hydrogen-bond acceptors (Lipinski definition) is 4. The van der Waals surface area contributed by atoms with Crippen molar-refractivity contribution in [3.8, 4) is 0 Å². The van der Waals surface area contributed by atoms with Gasteiger partial charge in [-0.25, -0.2) is 8.42 Å². The summed E-state index contributed by atoms with van der Waals surface area (Å²) in [6.45, 7) is 0.250. The first-order valence-corrected chi connectivity index (χ1v) is 12.9. The van der Waals surface area contributed by atoms with Gasteiger partial charge in [0.25, 0.3) is 5.91 Å². The van der Waals surface area contributed by atoms with Crippen molar-refractivity contribution in [2.45, 2.75) is 61.8 Å². The summed E-state index contributed by atoms with van der Waals surface area (Å²) in [5.41, 5.74) is 0.0146. The number of nitrogens with zero attached hydrogens (tertiary/aromatic N) is 1. The second-order valence-electron chi connectivity index (χ2n) is 8.82. The molecule has 2 amide bonds. The smallest absolute Gasteiger partial charge is 0.355 e. The molecule has 1 atom stereocenters. The maximum atomic E-state index is 13.6. The van der Waals surface area contributed by atoms with E-state index >= 15 is 0 Å². The number of benzene rings is 2. The van der Waals surface area contributed by atoms with Crippen molar-refractivity contribution in [2.75, 3.05) is 6.54 Å². The van der Waals surface area contributed by atoms with Gasteiger partial charge in [-0.2, -0.15) is 17.5 Å². The minimum atomic E-state index is -4.60. The van der Waals surface area contributed by atoms with Gasteiger partial charge in [-0.15, -0.1) is 0 Å². The van der Waals surface area contributed by atoms with Crippen LogP contribution in [0.2, 0.25) is 0 Å². The van der Waals surface area contributed by atoms with Gasteiger partial charge in [0.2, 0.25) is 15.9 Å². The summed E-state index contributed by atoms with van der Waals surface area (Å²) < 4.78 is 67.1. The number of nitrogens with one attached hydrogen (secondary N) is 2. The first-order chi connectivity index (χ1) is 16.6. The van der Waals surface area contributed by atoms with Crippen LogP contribution in [0.3, 0.4) is 0 Å². The van der Waals surface area contributed by atoms with Crippen molar-refractivity contribution in [2.24, 2.45) is 0 Å². The van der Waals surface area contributed by atoms with E-state index in [0.29, 0.717) is 42.6 Å². The van der Waals surface area contributed by atoms with Crippen LogP contribution in [0.25, 0.3) is 0 Å². The van der Waals surface area contributed by atoms with E-state index in [-0.39, 0.29) is 29.8 Å². The molecule has 1 saturated carbocycles. The van der Waals surface area contributed by atoms with E-state index in [1.165, 1.54) is 0 Å². The number of carbonyl (C=O) groups is 2. The lowest BCUT2D eigenvalue weighted by molar-refractivity contribution is -0.137. The summed E-state index contributed by atoms with van der Waals surface area (Å²) >= 11 is 0. The predicted molar refractivity (Wildman–Crippen MR) is 122 cm³/mol. The van der Waals surface area contributed by atoms with E-state index in [1.54, 1.807) is 24.3 Å². The van der Waals surface area contributed by atoms with Crippen molar-refractivity contribution >= 4 is 21.8 Å². The van der Waals surface area contributed by atoms with Gasteiger partial charge in [-0.3, -0.25) is 9.59 Å². The number of halogens is 3. The van der Waals surface area contributed by atoms with Crippen LogP contribution in [-0.4, -0.2) is 43.2 Å². The highest BCUT2D eigenvalue weighted by atomic mass is 32.2. The van der Waals surface area contributed by atoms with Gasteiger partial charge < -0.3 is 10.6 Å². The van der Waals surface area contributed by atoms with E-state index in [9.17, 15) is 31.2 Å². The lowest BCUT2D eigenvalue weighted by Crippen LogP contribution is -2.48. The number of hydrogen-bond donors (Lipinski definition) is 2. The Morgan fingerprint density at radius 3 is 2.26 bits per heavy atom. The predicted octanol–water partition coefficient (Wildman–Crippen LogP) is 3.46. The normalized spacial score (nSPS) is 19.2. The lowest BCUT2D eigenvalue weighted by atomic mass is 10.1. The average molecular weight is 510 g/mol. The fraction of sp³-hybridized carbons (Fsp3) is 0.417. The van der Waals surface area contributed by atoms with Gasteiger partial charge in [-0.05, 0) is 74.1 Å². The number of alkyl halides is 3. The molecule has 1 aliphatic carbocycles. The van der Waals surface area contributed by atoms with Gasteiger partial charge in [0.05, 0.1) is 10.5 Å². The van der Waals surface area contributed by atoms with Gasteiger partial charge in [0.1, 0.15) is 6.04 Å². The molecule has 35 heavy (non-hydrogen) atoms. The zero-order chi connectivity index (χ0) is 25.2. The Hall–Kier alpha value is -2.92. The molecule has 2 aromatic carbocycles. The lowest BCUT2D eigenvalue weighted by Gasteiger charge is -2.29. The minimum absolute atomic E-state index is 0.175. The molecule has 1 heterocycles. The molecular weight excluding hydrogens is 483 g/mol. The van der Waals surface area contributed by atoms with Gasteiger partial charge in [-0.1, -0.05) is 12.1 Å². The molecule has 11 heteroatoms. The zero-order valence-corrected chi connectivity index (χ0v) is 19.7. The number of sulfonamides is 1. The maximum absolute atomic E-state index is 13.6. The molecule has 0 spiro atoms. The van der Waals surface area contributed by atoms with Gasteiger partial charge in [0.15, 0.2) is 0 Å². The zero-order valence-electron chi connectivity index (χ0n) is 18.8. The largest absolute Gasteiger partial charge is 0.416 e. The SMILES string of the molecule is O=C(NC1CC1)c1ccc(CN(C2CCCCNC2=O)S(=O)(=O)c2ccc(C(F)(F)F)cc2)cc1. The fourth-order valence-corrected chi connectivity index (χ4v) is 5.56. The third kappa shape index (κ3) is 6.02. The molecule has 0 bridgehead atoms. The van der Waals surface area contributed by atoms with Crippen molar-refractivity contribution < 1.29 is 31.2 Å². The molecule has 188 valence electrons. The Bertz CT molecular complexity index is 1180. The molecule has 4 rings (SSSR count). The average Bonchev–Trinajstić information content (AvgIpc) is 3.65.